The van der Waals surface area contributed by atoms with Gasteiger partial charge in [-0.1, -0.05) is 12.1 Å². The largest absolute Gasteiger partial charge is 0.497 e. The lowest BCUT2D eigenvalue weighted by molar-refractivity contribution is 0.296. The monoisotopic (exact) mass is 298 g/mol. The first-order chi connectivity index (χ1) is 9.53. The van der Waals surface area contributed by atoms with Crippen LogP contribution in [0.15, 0.2) is 24.3 Å². The molecule has 5 nitrogen and oxygen atoms in total. The Hall–Kier alpha value is -1.11. The first-order valence-electron chi connectivity index (χ1n) is 6.82. The van der Waals surface area contributed by atoms with E-state index in [4.69, 9.17) is 4.74 Å². The van der Waals surface area contributed by atoms with E-state index in [-0.39, 0.29) is 11.8 Å². The third-order valence-corrected chi connectivity index (χ3v) is 5.62. The predicted molar refractivity (Wildman–Crippen MR) is 79.3 cm³/mol. The van der Waals surface area contributed by atoms with E-state index in [0.717, 1.165) is 31.5 Å². The SMILES string of the molecule is COc1cccc(CS(=O)(=O)N(C)C2CCNCC2)c1. The van der Waals surface area contributed by atoms with E-state index in [1.54, 1.807) is 20.2 Å². The van der Waals surface area contributed by atoms with Crippen molar-refractivity contribution in [1.29, 1.82) is 0 Å². The zero-order valence-electron chi connectivity index (χ0n) is 12.0. The summed E-state index contributed by atoms with van der Waals surface area (Å²) < 4.78 is 31.6. The van der Waals surface area contributed by atoms with Crippen molar-refractivity contribution in [2.45, 2.75) is 24.6 Å². The molecule has 112 valence electrons. The minimum absolute atomic E-state index is 0.0185. The van der Waals surface area contributed by atoms with Crippen LogP contribution in [-0.4, -0.2) is 46.0 Å². The second-order valence-electron chi connectivity index (χ2n) is 5.11. The average molecular weight is 298 g/mol. The predicted octanol–water partition coefficient (Wildman–Crippen LogP) is 1.21. The van der Waals surface area contributed by atoms with Gasteiger partial charge in [-0.3, -0.25) is 0 Å². The molecule has 1 saturated heterocycles. The highest BCUT2D eigenvalue weighted by atomic mass is 32.2. The lowest BCUT2D eigenvalue weighted by atomic mass is 10.1. The van der Waals surface area contributed by atoms with Gasteiger partial charge in [0.2, 0.25) is 10.0 Å². The Morgan fingerprint density at radius 3 is 2.70 bits per heavy atom. The van der Waals surface area contributed by atoms with Crippen LogP contribution in [-0.2, 0) is 15.8 Å². The molecule has 1 N–H and O–H groups in total. The first-order valence-corrected chi connectivity index (χ1v) is 8.43. The fourth-order valence-corrected chi connectivity index (χ4v) is 3.94. The third kappa shape index (κ3) is 3.71. The molecule has 1 aliphatic heterocycles. The first kappa shape index (κ1) is 15.3. The molecule has 0 radical (unpaired) electrons. The summed E-state index contributed by atoms with van der Waals surface area (Å²) in [5.74, 6) is 0.701. The zero-order chi connectivity index (χ0) is 14.6. The number of sulfonamides is 1. The Morgan fingerprint density at radius 2 is 2.05 bits per heavy atom. The van der Waals surface area contributed by atoms with Gasteiger partial charge >= 0.3 is 0 Å². The van der Waals surface area contributed by atoms with Crippen LogP contribution >= 0.6 is 0 Å². The standard InChI is InChI=1S/C14H22N2O3S/c1-16(13-6-8-15-9-7-13)20(17,18)11-12-4-3-5-14(10-12)19-2/h3-5,10,13,15H,6-9,11H2,1-2H3. The molecule has 1 aliphatic rings. The van der Waals surface area contributed by atoms with Crippen molar-refractivity contribution in [3.8, 4) is 5.75 Å². The molecule has 1 fully saturated rings. The Kier molecular flexibility index (Phi) is 5.01. The van der Waals surface area contributed by atoms with Crippen LogP contribution in [0, 0.1) is 0 Å². The summed E-state index contributed by atoms with van der Waals surface area (Å²) in [6.45, 7) is 1.76. The number of piperidine rings is 1. The van der Waals surface area contributed by atoms with E-state index in [1.807, 2.05) is 18.2 Å². The Balaban J connectivity index is 2.09. The van der Waals surface area contributed by atoms with Crippen LogP contribution in [0.3, 0.4) is 0 Å². The van der Waals surface area contributed by atoms with E-state index in [1.165, 1.54) is 4.31 Å². The number of nitrogens with zero attached hydrogens (tertiary/aromatic N) is 1. The van der Waals surface area contributed by atoms with Crippen LogP contribution < -0.4 is 10.1 Å². The van der Waals surface area contributed by atoms with Crippen LogP contribution in [0.25, 0.3) is 0 Å². The molecular formula is C14H22N2O3S. The summed E-state index contributed by atoms with van der Waals surface area (Å²) >= 11 is 0. The van der Waals surface area contributed by atoms with Gasteiger partial charge in [-0.25, -0.2) is 12.7 Å². The van der Waals surface area contributed by atoms with Gasteiger partial charge in [0, 0.05) is 13.1 Å². The second kappa shape index (κ2) is 6.56. The van der Waals surface area contributed by atoms with Gasteiger partial charge in [-0.15, -0.1) is 0 Å². The molecule has 1 aromatic rings. The highest BCUT2D eigenvalue weighted by Crippen LogP contribution is 2.19. The van der Waals surface area contributed by atoms with Crippen molar-refractivity contribution >= 4 is 10.0 Å². The van der Waals surface area contributed by atoms with Crippen molar-refractivity contribution in [3.05, 3.63) is 29.8 Å². The summed E-state index contributed by atoms with van der Waals surface area (Å²) in [7, 11) is -0.0238. The molecule has 1 heterocycles. The molecule has 0 aliphatic carbocycles. The van der Waals surface area contributed by atoms with E-state index in [9.17, 15) is 8.42 Å². The average Bonchev–Trinajstić information content (AvgIpc) is 2.47. The Labute approximate surface area is 121 Å². The highest BCUT2D eigenvalue weighted by Gasteiger charge is 2.27. The van der Waals surface area contributed by atoms with Crippen molar-refractivity contribution in [3.63, 3.8) is 0 Å². The number of nitrogens with one attached hydrogen (secondary N) is 1. The smallest absolute Gasteiger partial charge is 0.218 e. The topological polar surface area (TPSA) is 58.6 Å². The maximum atomic E-state index is 12.5. The minimum atomic E-state index is -3.29. The Morgan fingerprint density at radius 1 is 1.35 bits per heavy atom. The van der Waals surface area contributed by atoms with E-state index in [2.05, 4.69) is 5.32 Å². The highest BCUT2D eigenvalue weighted by molar-refractivity contribution is 7.88. The molecule has 0 amide bonds. The molecule has 0 bridgehead atoms. The van der Waals surface area contributed by atoms with E-state index < -0.39 is 10.0 Å². The second-order valence-corrected chi connectivity index (χ2v) is 7.13. The van der Waals surface area contributed by atoms with Crippen molar-refractivity contribution in [2.75, 3.05) is 27.2 Å². The van der Waals surface area contributed by atoms with Gasteiger partial charge in [0.05, 0.1) is 12.9 Å². The molecule has 0 atom stereocenters. The molecule has 6 heteroatoms. The van der Waals surface area contributed by atoms with Crippen LogP contribution in [0.2, 0.25) is 0 Å². The lowest BCUT2D eigenvalue weighted by Crippen LogP contribution is -2.44. The third-order valence-electron chi connectivity index (χ3n) is 3.74. The molecule has 0 unspecified atom stereocenters. The minimum Gasteiger partial charge on any atom is -0.497 e. The van der Waals surface area contributed by atoms with Crippen molar-refractivity contribution in [2.24, 2.45) is 0 Å². The van der Waals surface area contributed by atoms with Gasteiger partial charge in [-0.05, 0) is 43.6 Å². The number of rotatable bonds is 5. The normalized spacial score (nSPS) is 17.4. The molecule has 2 rings (SSSR count). The maximum Gasteiger partial charge on any atom is 0.218 e. The fraction of sp³-hybridized carbons (Fsp3) is 0.571. The number of methoxy groups -OCH3 is 1. The molecule has 0 spiro atoms. The number of hydrogen-bond acceptors (Lipinski definition) is 4. The lowest BCUT2D eigenvalue weighted by Gasteiger charge is -2.30. The summed E-state index contributed by atoms with van der Waals surface area (Å²) in [6.07, 6.45) is 1.74. The number of benzene rings is 1. The Bertz CT molecular complexity index is 539. The molecule has 0 saturated carbocycles. The van der Waals surface area contributed by atoms with Gasteiger partial charge in [0.1, 0.15) is 5.75 Å². The zero-order valence-corrected chi connectivity index (χ0v) is 12.8. The molecule has 1 aromatic carbocycles. The molecule has 0 aromatic heterocycles. The van der Waals surface area contributed by atoms with Crippen LogP contribution in [0.5, 0.6) is 5.75 Å². The fourth-order valence-electron chi connectivity index (χ4n) is 2.47. The molecular weight excluding hydrogens is 276 g/mol. The van der Waals surface area contributed by atoms with E-state index >= 15 is 0 Å². The van der Waals surface area contributed by atoms with Crippen molar-refractivity contribution < 1.29 is 13.2 Å². The van der Waals surface area contributed by atoms with E-state index in [0.29, 0.717) is 5.75 Å². The summed E-state index contributed by atoms with van der Waals surface area (Å²) in [5, 5.41) is 3.25. The maximum absolute atomic E-state index is 12.5. The summed E-state index contributed by atoms with van der Waals surface area (Å²) in [4.78, 5) is 0. The quantitative estimate of drug-likeness (QED) is 0.887. The van der Waals surface area contributed by atoms with Crippen molar-refractivity contribution in [1.82, 2.24) is 9.62 Å². The number of hydrogen-bond donors (Lipinski definition) is 1. The summed E-state index contributed by atoms with van der Waals surface area (Å²) in [6, 6.07) is 7.32. The van der Waals surface area contributed by atoms with Gasteiger partial charge in [0.15, 0.2) is 0 Å². The van der Waals surface area contributed by atoms with Gasteiger partial charge in [-0.2, -0.15) is 0 Å². The van der Waals surface area contributed by atoms with Gasteiger partial charge < -0.3 is 10.1 Å². The number of ether oxygens (including phenoxy) is 1. The van der Waals surface area contributed by atoms with Crippen LogP contribution in [0.4, 0.5) is 0 Å². The molecule has 20 heavy (non-hydrogen) atoms. The van der Waals surface area contributed by atoms with Gasteiger partial charge in [0.25, 0.3) is 0 Å². The van der Waals surface area contributed by atoms with Crippen LogP contribution in [0.1, 0.15) is 18.4 Å². The summed E-state index contributed by atoms with van der Waals surface area (Å²) in [5.41, 5.74) is 0.755.